The predicted octanol–water partition coefficient (Wildman–Crippen LogP) is 4.13. The first-order valence-corrected chi connectivity index (χ1v) is 6.17. The number of urea groups is 1. The molecule has 17 heavy (non-hydrogen) atoms. The molecule has 0 heterocycles. The molecule has 0 aliphatic heterocycles. The number of amides is 2. The van der Waals surface area contributed by atoms with Gasteiger partial charge in [0.25, 0.3) is 0 Å². The van der Waals surface area contributed by atoms with E-state index in [2.05, 4.69) is 47.3 Å². The third-order valence-corrected chi connectivity index (χ3v) is 2.61. The maximum absolute atomic E-state index is 11.6. The smallest absolute Gasteiger partial charge is 0.315 e. The lowest BCUT2D eigenvalue weighted by atomic mass is 9.97. The number of halogens is 1. The van der Waals surface area contributed by atoms with E-state index in [1.54, 1.807) is 6.20 Å². The minimum atomic E-state index is -0.252. The van der Waals surface area contributed by atoms with Crippen molar-refractivity contribution in [3.8, 4) is 0 Å². The standard InChI is InChI=1S/C13H17BrN2O/c1-13(2,3)8-9-15-12(17)16-11-7-5-4-6-10(11)14/h4-9H,1-3H3,(H2,15,16,17)/b9-8+. The highest BCUT2D eigenvalue weighted by molar-refractivity contribution is 9.10. The minimum absolute atomic E-state index is 0.0562. The van der Waals surface area contributed by atoms with E-state index in [1.807, 2.05) is 30.3 Å². The summed E-state index contributed by atoms with van der Waals surface area (Å²) < 4.78 is 0.856. The van der Waals surface area contributed by atoms with Crippen LogP contribution in [-0.2, 0) is 0 Å². The van der Waals surface area contributed by atoms with Gasteiger partial charge in [0.2, 0.25) is 0 Å². The summed E-state index contributed by atoms with van der Waals surface area (Å²) in [5, 5.41) is 5.41. The van der Waals surface area contributed by atoms with E-state index in [-0.39, 0.29) is 11.4 Å². The molecule has 2 N–H and O–H groups in total. The molecule has 2 amide bonds. The Morgan fingerprint density at radius 2 is 1.94 bits per heavy atom. The van der Waals surface area contributed by atoms with E-state index in [9.17, 15) is 4.79 Å². The Labute approximate surface area is 110 Å². The number of allylic oxidation sites excluding steroid dienone is 1. The van der Waals surface area contributed by atoms with Crippen LogP contribution >= 0.6 is 15.9 Å². The van der Waals surface area contributed by atoms with E-state index in [4.69, 9.17) is 0 Å². The highest BCUT2D eigenvalue weighted by Gasteiger charge is 2.05. The Bertz CT molecular complexity index is 422. The fourth-order valence-corrected chi connectivity index (χ4v) is 1.47. The Hall–Kier alpha value is -1.29. The highest BCUT2D eigenvalue weighted by Crippen LogP contribution is 2.20. The summed E-state index contributed by atoms with van der Waals surface area (Å²) in [7, 11) is 0. The van der Waals surface area contributed by atoms with Gasteiger partial charge in [-0.15, -0.1) is 0 Å². The maximum Gasteiger partial charge on any atom is 0.323 e. The lowest BCUT2D eigenvalue weighted by Gasteiger charge is -2.11. The summed E-state index contributed by atoms with van der Waals surface area (Å²) in [4.78, 5) is 11.6. The zero-order valence-electron chi connectivity index (χ0n) is 10.3. The summed E-state index contributed by atoms with van der Waals surface area (Å²) >= 11 is 3.36. The van der Waals surface area contributed by atoms with Crippen molar-refractivity contribution >= 4 is 27.6 Å². The monoisotopic (exact) mass is 296 g/mol. The quantitative estimate of drug-likeness (QED) is 0.846. The normalized spacial score (nSPS) is 11.5. The Morgan fingerprint density at radius 1 is 1.29 bits per heavy atom. The van der Waals surface area contributed by atoms with Crippen molar-refractivity contribution in [3.05, 3.63) is 41.0 Å². The van der Waals surface area contributed by atoms with Gasteiger partial charge in [-0.2, -0.15) is 0 Å². The Balaban J connectivity index is 2.51. The highest BCUT2D eigenvalue weighted by atomic mass is 79.9. The molecule has 92 valence electrons. The molecular weight excluding hydrogens is 280 g/mol. The molecule has 0 aromatic heterocycles. The molecular formula is C13H17BrN2O. The van der Waals surface area contributed by atoms with Crippen molar-refractivity contribution in [2.45, 2.75) is 20.8 Å². The number of para-hydroxylation sites is 1. The fraction of sp³-hybridized carbons (Fsp3) is 0.308. The average Bonchev–Trinajstić information content (AvgIpc) is 2.19. The van der Waals surface area contributed by atoms with Crippen LogP contribution in [0.5, 0.6) is 0 Å². The van der Waals surface area contributed by atoms with Gasteiger partial charge in [0.05, 0.1) is 5.69 Å². The van der Waals surface area contributed by atoms with Crippen LogP contribution in [-0.4, -0.2) is 6.03 Å². The molecule has 0 fully saturated rings. The van der Waals surface area contributed by atoms with Crippen LogP contribution in [0.4, 0.5) is 10.5 Å². The molecule has 0 aliphatic rings. The third-order valence-electron chi connectivity index (χ3n) is 1.92. The number of carbonyl (C=O) groups excluding carboxylic acids is 1. The summed E-state index contributed by atoms with van der Waals surface area (Å²) in [6.07, 6.45) is 3.60. The van der Waals surface area contributed by atoms with Crippen molar-refractivity contribution in [1.29, 1.82) is 0 Å². The predicted molar refractivity (Wildman–Crippen MR) is 74.9 cm³/mol. The summed E-state index contributed by atoms with van der Waals surface area (Å²) in [5.74, 6) is 0. The summed E-state index contributed by atoms with van der Waals surface area (Å²) in [5.41, 5.74) is 0.801. The van der Waals surface area contributed by atoms with Crippen molar-refractivity contribution in [2.24, 2.45) is 5.41 Å². The number of hydrogen-bond acceptors (Lipinski definition) is 1. The summed E-state index contributed by atoms with van der Waals surface area (Å²) in [6, 6.07) is 7.22. The molecule has 0 atom stereocenters. The van der Waals surface area contributed by atoms with Gasteiger partial charge >= 0.3 is 6.03 Å². The first kappa shape index (κ1) is 13.8. The lowest BCUT2D eigenvalue weighted by molar-refractivity contribution is 0.255. The van der Waals surface area contributed by atoms with Crippen LogP contribution in [0.25, 0.3) is 0 Å². The van der Waals surface area contributed by atoms with E-state index in [1.165, 1.54) is 0 Å². The molecule has 1 aromatic rings. The van der Waals surface area contributed by atoms with Gasteiger partial charge in [-0.05, 0) is 33.5 Å². The molecule has 4 heteroatoms. The minimum Gasteiger partial charge on any atom is -0.315 e. The van der Waals surface area contributed by atoms with Crippen LogP contribution in [0.15, 0.2) is 41.0 Å². The van der Waals surface area contributed by atoms with Crippen LogP contribution < -0.4 is 10.6 Å². The first-order valence-electron chi connectivity index (χ1n) is 5.38. The molecule has 0 radical (unpaired) electrons. The van der Waals surface area contributed by atoms with E-state index in [0.29, 0.717) is 0 Å². The molecule has 0 spiro atoms. The topological polar surface area (TPSA) is 41.1 Å². The van der Waals surface area contributed by atoms with Crippen LogP contribution in [0.1, 0.15) is 20.8 Å². The number of carbonyl (C=O) groups is 1. The number of nitrogens with one attached hydrogen (secondary N) is 2. The SMILES string of the molecule is CC(C)(C)/C=C/NC(=O)Nc1ccccc1Br. The van der Waals surface area contributed by atoms with Gasteiger partial charge in [-0.25, -0.2) is 4.79 Å². The fourth-order valence-electron chi connectivity index (χ4n) is 1.09. The molecule has 0 aliphatic carbocycles. The second-order valence-electron chi connectivity index (χ2n) is 4.78. The van der Waals surface area contributed by atoms with Crippen molar-refractivity contribution in [1.82, 2.24) is 5.32 Å². The molecule has 0 unspecified atom stereocenters. The Kier molecular flexibility index (Phi) is 4.75. The van der Waals surface area contributed by atoms with Gasteiger partial charge in [-0.3, -0.25) is 0 Å². The second kappa shape index (κ2) is 5.87. The van der Waals surface area contributed by atoms with Crippen molar-refractivity contribution < 1.29 is 4.79 Å². The summed E-state index contributed by atoms with van der Waals surface area (Å²) in [6.45, 7) is 6.20. The van der Waals surface area contributed by atoms with Gasteiger partial charge < -0.3 is 10.6 Å². The number of benzene rings is 1. The van der Waals surface area contributed by atoms with E-state index < -0.39 is 0 Å². The van der Waals surface area contributed by atoms with Crippen molar-refractivity contribution in [3.63, 3.8) is 0 Å². The Morgan fingerprint density at radius 3 is 2.53 bits per heavy atom. The maximum atomic E-state index is 11.6. The molecule has 0 bridgehead atoms. The molecule has 1 aromatic carbocycles. The molecule has 0 saturated heterocycles. The zero-order valence-corrected chi connectivity index (χ0v) is 11.8. The van der Waals surface area contributed by atoms with Crippen LogP contribution in [0.2, 0.25) is 0 Å². The van der Waals surface area contributed by atoms with Gasteiger partial charge in [0.1, 0.15) is 0 Å². The van der Waals surface area contributed by atoms with Crippen LogP contribution in [0.3, 0.4) is 0 Å². The van der Waals surface area contributed by atoms with Crippen LogP contribution in [0, 0.1) is 5.41 Å². The van der Waals surface area contributed by atoms with E-state index >= 15 is 0 Å². The van der Waals surface area contributed by atoms with E-state index in [0.717, 1.165) is 10.2 Å². The van der Waals surface area contributed by atoms with Gasteiger partial charge in [0.15, 0.2) is 0 Å². The van der Waals surface area contributed by atoms with Gasteiger partial charge in [0, 0.05) is 10.7 Å². The lowest BCUT2D eigenvalue weighted by Crippen LogP contribution is -2.24. The zero-order chi connectivity index (χ0) is 12.9. The first-order chi connectivity index (χ1) is 7.88. The third kappa shape index (κ3) is 5.54. The largest absolute Gasteiger partial charge is 0.323 e. The van der Waals surface area contributed by atoms with Crippen molar-refractivity contribution in [2.75, 3.05) is 5.32 Å². The molecule has 1 rings (SSSR count). The second-order valence-corrected chi connectivity index (χ2v) is 5.63. The number of rotatable bonds is 2. The number of anilines is 1. The number of hydrogen-bond donors (Lipinski definition) is 2. The van der Waals surface area contributed by atoms with Gasteiger partial charge in [-0.1, -0.05) is 39.0 Å². The molecule has 0 saturated carbocycles. The molecule has 3 nitrogen and oxygen atoms in total. The average molecular weight is 297 g/mol.